The van der Waals surface area contributed by atoms with Crippen LogP contribution in [0.5, 0.6) is 5.75 Å². The number of hydrogen-bond acceptors (Lipinski definition) is 3. The highest BCUT2D eigenvalue weighted by Crippen LogP contribution is 2.33. The molecule has 2 aromatic heterocycles. The molecule has 4 rings (SSSR count). The van der Waals surface area contributed by atoms with Crippen molar-refractivity contribution in [2.24, 2.45) is 0 Å². The molecule has 1 N–H and O–H groups in total. The molecule has 1 amide bonds. The van der Waals surface area contributed by atoms with Gasteiger partial charge in [-0.2, -0.15) is 0 Å². The molecule has 29 heavy (non-hydrogen) atoms. The summed E-state index contributed by atoms with van der Waals surface area (Å²) in [4.78, 5) is 16.7. The van der Waals surface area contributed by atoms with Crippen LogP contribution in [0.2, 0.25) is 0 Å². The molecule has 1 fully saturated rings. The smallest absolute Gasteiger partial charge is 0.270 e. The van der Waals surface area contributed by atoms with Crippen LogP contribution in [0.1, 0.15) is 49.7 Å². The normalized spacial score (nSPS) is 19.1. The van der Waals surface area contributed by atoms with Crippen LogP contribution in [0.4, 0.5) is 8.78 Å². The van der Waals surface area contributed by atoms with Gasteiger partial charge in [0.25, 0.3) is 5.91 Å². The van der Waals surface area contributed by atoms with E-state index >= 15 is 0 Å². The lowest BCUT2D eigenvalue weighted by molar-refractivity contribution is 0.0694. The number of carbonyl (C=O) groups is 1. The predicted molar refractivity (Wildman–Crippen MR) is 105 cm³/mol. The highest BCUT2D eigenvalue weighted by atomic mass is 19.1. The molecule has 0 bridgehead atoms. The fraction of sp³-hybridized carbons (Fsp3) is 0.364. The number of rotatable bonds is 4. The summed E-state index contributed by atoms with van der Waals surface area (Å²) < 4.78 is 36.1. The van der Waals surface area contributed by atoms with Crippen LogP contribution < -0.4 is 10.1 Å². The van der Waals surface area contributed by atoms with Crippen LogP contribution >= 0.6 is 0 Å². The van der Waals surface area contributed by atoms with Crippen molar-refractivity contribution in [2.75, 3.05) is 0 Å². The van der Waals surface area contributed by atoms with E-state index in [1.165, 1.54) is 12.1 Å². The highest BCUT2D eigenvalue weighted by molar-refractivity contribution is 5.93. The Morgan fingerprint density at radius 1 is 1.21 bits per heavy atom. The summed E-state index contributed by atoms with van der Waals surface area (Å²) in [7, 11) is 0. The lowest BCUT2D eigenvalue weighted by Gasteiger charge is -2.36. The molecule has 1 aromatic carbocycles. The molecule has 7 heteroatoms. The number of benzene rings is 1. The maximum Gasteiger partial charge on any atom is 0.270 e. The zero-order valence-electron chi connectivity index (χ0n) is 16.6. The van der Waals surface area contributed by atoms with E-state index in [0.717, 1.165) is 0 Å². The van der Waals surface area contributed by atoms with Gasteiger partial charge in [-0.3, -0.25) is 9.20 Å². The fourth-order valence-corrected chi connectivity index (χ4v) is 3.67. The van der Waals surface area contributed by atoms with Crippen molar-refractivity contribution >= 4 is 11.6 Å². The number of aromatic nitrogens is 2. The Kier molecular flexibility index (Phi) is 4.76. The summed E-state index contributed by atoms with van der Waals surface area (Å²) in [5.74, 6) is -1.25. The monoisotopic (exact) mass is 399 g/mol. The van der Waals surface area contributed by atoms with Gasteiger partial charge >= 0.3 is 0 Å². The molecule has 3 aromatic rings. The molecule has 2 heterocycles. The second kappa shape index (κ2) is 7.13. The average molecular weight is 399 g/mol. The highest BCUT2D eigenvalue weighted by Gasteiger charge is 2.33. The second-order valence-corrected chi connectivity index (χ2v) is 8.47. The molecular weight excluding hydrogens is 376 g/mol. The van der Waals surface area contributed by atoms with Gasteiger partial charge in [0.15, 0.2) is 0 Å². The minimum atomic E-state index is -0.629. The topological polar surface area (TPSA) is 55.6 Å². The molecule has 0 aliphatic heterocycles. The molecule has 0 atom stereocenters. The second-order valence-electron chi connectivity index (χ2n) is 8.47. The van der Waals surface area contributed by atoms with Crippen molar-refractivity contribution < 1.29 is 18.3 Å². The number of hydrogen-bond donors (Lipinski definition) is 1. The number of carbonyl (C=O) groups excluding carboxylic acids is 1. The van der Waals surface area contributed by atoms with Gasteiger partial charge in [0.1, 0.15) is 34.8 Å². The molecule has 0 spiro atoms. The average Bonchev–Trinajstić information content (AvgIpc) is 3.02. The van der Waals surface area contributed by atoms with Gasteiger partial charge in [-0.05, 0) is 17.5 Å². The van der Waals surface area contributed by atoms with Crippen LogP contribution in [0.15, 0.2) is 42.7 Å². The number of halogens is 2. The minimum absolute atomic E-state index is 0.0506. The zero-order valence-corrected chi connectivity index (χ0v) is 16.6. The van der Waals surface area contributed by atoms with Gasteiger partial charge in [0, 0.05) is 42.8 Å². The maximum absolute atomic E-state index is 14.3. The number of amides is 1. The molecule has 5 nitrogen and oxygen atoms in total. The van der Waals surface area contributed by atoms with Gasteiger partial charge in [0.2, 0.25) is 0 Å². The first kappa shape index (κ1) is 19.4. The summed E-state index contributed by atoms with van der Waals surface area (Å²) in [6.07, 6.45) is 4.29. The number of ether oxygens (including phenoxy) is 1. The molecule has 0 radical (unpaired) electrons. The van der Waals surface area contributed by atoms with Gasteiger partial charge in [-0.25, -0.2) is 13.8 Å². The van der Waals surface area contributed by atoms with Crippen LogP contribution in [0.25, 0.3) is 5.65 Å². The standard InChI is InChI=1S/C22H23F2N3O2/c1-22(2,3)20-16(23)10-15(11-17(20)24)29-14-8-13(9-14)26-21(28)18-12-25-19-6-4-5-7-27(18)19/h4-7,10-14H,8-9H2,1-3H3,(H,26,28). The minimum Gasteiger partial charge on any atom is -0.490 e. The van der Waals surface area contributed by atoms with E-state index in [4.69, 9.17) is 4.74 Å². The van der Waals surface area contributed by atoms with Gasteiger partial charge in [-0.1, -0.05) is 26.8 Å². The van der Waals surface area contributed by atoms with E-state index < -0.39 is 17.0 Å². The first-order chi connectivity index (χ1) is 13.7. The number of imidazole rings is 1. The third-order valence-electron chi connectivity index (χ3n) is 5.15. The van der Waals surface area contributed by atoms with Crippen molar-refractivity contribution in [2.45, 2.75) is 51.2 Å². The Labute approximate surface area is 167 Å². The molecule has 1 aliphatic carbocycles. The summed E-state index contributed by atoms with van der Waals surface area (Å²) >= 11 is 0. The molecule has 0 unspecified atom stereocenters. The molecule has 152 valence electrons. The van der Waals surface area contributed by atoms with E-state index in [2.05, 4.69) is 10.3 Å². The summed E-state index contributed by atoms with van der Waals surface area (Å²) in [6, 6.07) is 7.93. The van der Waals surface area contributed by atoms with Gasteiger partial charge in [-0.15, -0.1) is 0 Å². The lowest BCUT2D eigenvalue weighted by atomic mass is 9.86. The number of nitrogens with zero attached hydrogens (tertiary/aromatic N) is 2. The van der Waals surface area contributed by atoms with Crippen LogP contribution in [0.3, 0.4) is 0 Å². The molecule has 0 saturated heterocycles. The summed E-state index contributed by atoms with van der Waals surface area (Å²) in [6.45, 7) is 5.29. The van der Waals surface area contributed by atoms with Crippen molar-refractivity contribution in [3.05, 3.63) is 65.6 Å². The third kappa shape index (κ3) is 3.81. The van der Waals surface area contributed by atoms with Crippen molar-refractivity contribution in [3.63, 3.8) is 0 Å². The van der Waals surface area contributed by atoms with Crippen LogP contribution in [-0.4, -0.2) is 27.4 Å². The first-order valence-electron chi connectivity index (χ1n) is 9.61. The van der Waals surface area contributed by atoms with Crippen LogP contribution in [-0.2, 0) is 5.41 Å². The summed E-state index contributed by atoms with van der Waals surface area (Å²) in [5, 5.41) is 2.95. The Balaban J connectivity index is 1.35. The quantitative estimate of drug-likeness (QED) is 0.714. The van der Waals surface area contributed by atoms with Crippen molar-refractivity contribution in [3.8, 4) is 5.75 Å². The largest absolute Gasteiger partial charge is 0.490 e. The van der Waals surface area contributed by atoms with Crippen LogP contribution in [0, 0.1) is 11.6 Å². The summed E-state index contributed by atoms with van der Waals surface area (Å²) in [5.41, 5.74) is 0.592. The molecule has 1 saturated carbocycles. The molecular formula is C22H23F2N3O2. The van der Waals surface area contributed by atoms with Gasteiger partial charge in [0.05, 0.1) is 6.20 Å². The van der Waals surface area contributed by atoms with E-state index in [-0.39, 0.29) is 29.4 Å². The van der Waals surface area contributed by atoms with E-state index in [0.29, 0.717) is 24.2 Å². The van der Waals surface area contributed by atoms with E-state index in [1.54, 1.807) is 37.6 Å². The number of fused-ring (bicyclic) bond motifs is 1. The Morgan fingerprint density at radius 2 is 1.90 bits per heavy atom. The first-order valence-corrected chi connectivity index (χ1v) is 9.61. The van der Waals surface area contributed by atoms with E-state index in [1.807, 2.05) is 18.2 Å². The Morgan fingerprint density at radius 3 is 2.55 bits per heavy atom. The third-order valence-corrected chi connectivity index (χ3v) is 5.15. The fourth-order valence-electron chi connectivity index (χ4n) is 3.67. The Hall–Kier alpha value is -2.96. The van der Waals surface area contributed by atoms with Gasteiger partial charge < -0.3 is 10.1 Å². The Bertz CT molecular complexity index is 1040. The van der Waals surface area contributed by atoms with E-state index in [9.17, 15) is 13.6 Å². The van der Waals surface area contributed by atoms with Crippen molar-refractivity contribution in [1.82, 2.24) is 14.7 Å². The maximum atomic E-state index is 14.3. The zero-order chi connectivity index (χ0) is 20.8. The predicted octanol–water partition coefficient (Wildman–Crippen LogP) is 4.25. The van der Waals surface area contributed by atoms with Crippen molar-refractivity contribution in [1.29, 1.82) is 0 Å². The number of nitrogens with one attached hydrogen (secondary N) is 1. The number of pyridine rings is 1. The lowest BCUT2D eigenvalue weighted by Crippen LogP contribution is -2.49. The molecule has 1 aliphatic rings. The SMILES string of the molecule is CC(C)(C)c1c(F)cc(OC2CC(NC(=O)c3cnc4ccccn34)C2)cc1F.